The standard InChI is InChI=1S/C8H14IN3O5/c1-5(13)11(9)7(12(16)17)4-2-3-6(10)8(14)15/h6-7H,2-4,10H2,1H3,(H,14,15). The highest BCUT2D eigenvalue weighted by molar-refractivity contribution is 14.1. The summed E-state index contributed by atoms with van der Waals surface area (Å²) < 4.78 is 0.990. The number of rotatable bonds is 7. The Labute approximate surface area is 112 Å². The molecule has 1 amide bonds. The van der Waals surface area contributed by atoms with Crippen LogP contribution in [0.5, 0.6) is 0 Å². The third-order valence-corrected chi connectivity index (χ3v) is 3.42. The van der Waals surface area contributed by atoms with Gasteiger partial charge in [-0.2, -0.15) is 0 Å². The highest BCUT2D eigenvalue weighted by Gasteiger charge is 2.29. The maximum absolute atomic E-state index is 11.0. The first-order chi connectivity index (χ1) is 7.77. The van der Waals surface area contributed by atoms with Crippen molar-refractivity contribution in [3.05, 3.63) is 10.1 Å². The lowest BCUT2D eigenvalue weighted by Gasteiger charge is -2.17. The molecule has 3 N–H and O–H groups in total. The number of carboxylic acids is 1. The molecule has 0 aliphatic carbocycles. The van der Waals surface area contributed by atoms with Gasteiger partial charge in [-0.3, -0.25) is 19.7 Å². The summed E-state index contributed by atoms with van der Waals surface area (Å²) in [4.78, 5) is 31.6. The van der Waals surface area contributed by atoms with E-state index in [1.54, 1.807) is 22.9 Å². The molecule has 0 aliphatic heterocycles. The number of amides is 1. The Morgan fingerprint density at radius 1 is 1.53 bits per heavy atom. The van der Waals surface area contributed by atoms with Crippen LogP contribution in [0.3, 0.4) is 0 Å². The Bertz CT molecular complexity index is 312. The van der Waals surface area contributed by atoms with E-state index in [0.29, 0.717) is 0 Å². The summed E-state index contributed by atoms with van der Waals surface area (Å²) in [5.41, 5.74) is 5.26. The van der Waals surface area contributed by atoms with E-state index in [1.807, 2.05) is 0 Å². The van der Waals surface area contributed by atoms with E-state index >= 15 is 0 Å². The molecule has 0 heterocycles. The van der Waals surface area contributed by atoms with Crippen LogP contribution in [0.2, 0.25) is 0 Å². The summed E-state index contributed by atoms with van der Waals surface area (Å²) in [7, 11) is 0. The van der Waals surface area contributed by atoms with Gasteiger partial charge in [0, 0.05) is 18.3 Å². The number of hydrogen-bond acceptors (Lipinski definition) is 5. The van der Waals surface area contributed by atoms with Crippen LogP contribution in [-0.4, -0.2) is 37.2 Å². The first-order valence-electron chi connectivity index (χ1n) is 4.84. The lowest BCUT2D eigenvalue weighted by Crippen LogP contribution is -2.37. The molecule has 0 radical (unpaired) electrons. The van der Waals surface area contributed by atoms with Crippen molar-refractivity contribution >= 4 is 34.7 Å². The van der Waals surface area contributed by atoms with Gasteiger partial charge >= 0.3 is 5.97 Å². The third kappa shape index (κ3) is 5.77. The number of carbonyl (C=O) groups is 2. The average molecular weight is 359 g/mol. The van der Waals surface area contributed by atoms with Gasteiger partial charge in [0.25, 0.3) is 6.17 Å². The van der Waals surface area contributed by atoms with E-state index < -0.39 is 29.0 Å². The summed E-state index contributed by atoms with van der Waals surface area (Å²) in [6.07, 6.45) is -0.654. The van der Waals surface area contributed by atoms with Gasteiger partial charge in [-0.05, 0) is 12.8 Å². The number of nitro groups is 1. The first kappa shape index (κ1) is 16.0. The highest BCUT2D eigenvalue weighted by atomic mass is 127. The number of nitrogens with two attached hydrogens (primary N) is 1. The number of halogens is 1. The maximum atomic E-state index is 11.0. The molecule has 0 aromatic carbocycles. The highest BCUT2D eigenvalue weighted by Crippen LogP contribution is 2.15. The van der Waals surface area contributed by atoms with Crippen LogP contribution in [0.15, 0.2) is 0 Å². The molecule has 0 saturated carbocycles. The Hall–Kier alpha value is -0.970. The summed E-state index contributed by atoms with van der Waals surface area (Å²) in [6, 6.07) is -1.03. The van der Waals surface area contributed by atoms with Gasteiger partial charge in [0.2, 0.25) is 5.91 Å². The first-order valence-corrected chi connectivity index (χ1v) is 5.81. The molecule has 0 fully saturated rings. The normalized spacial score (nSPS) is 13.8. The topological polar surface area (TPSA) is 127 Å². The second-order valence-electron chi connectivity index (χ2n) is 3.47. The Kier molecular flexibility index (Phi) is 6.95. The van der Waals surface area contributed by atoms with Crippen molar-refractivity contribution in [2.75, 3.05) is 0 Å². The van der Waals surface area contributed by atoms with E-state index in [4.69, 9.17) is 10.8 Å². The molecule has 0 rings (SSSR count). The second-order valence-corrected chi connectivity index (χ2v) is 4.51. The van der Waals surface area contributed by atoms with Crippen LogP contribution < -0.4 is 5.73 Å². The molecule has 0 saturated heterocycles. The van der Waals surface area contributed by atoms with Crippen LogP contribution in [0.4, 0.5) is 0 Å². The van der Waals surface area contributed by atoms with Crippen LogP contribution in [0, 0.1) is 10.1 Å². The minimum atomic E-state index is -1.14. The molecule has 98 valence electrons. The van der Waals surface area contributed by atoms with Crippen molar-refractivity contribution in [3.63, 3.8) is 0 Å². The number of nitrogens with zero attached hydrogens (tertiary/aromatic N) is 2. The van der Waals surface area contributed by atoms with Crippen LogP contribution in [-0.2, 0) is 9.59 Å². The number of carbonyl (C=O) groups excluding carboxylic acids is 1. The van der Waals surface area contributed by atoms with Crippen LogP contribution in [0.1, 0.15) is 26.2 Å². The third-order valence-electron chi connectivity index (χ3n) is 2.10. The van der Waals surface area contributed by atoms with Crippen LogP contribution >= 0.6 is 22.9 Å². The Morgan fingerprint density at radius 2 is 2.06 bits per heavy atom. The van der Waals surface area contributed by atoms with E-state index in [0.717, 1.165) is 3.11 Å². The minimum Gasteiger partial charge on any atom is -0.480 e. The summed E-state index contributed by atoms with van der Waals surface area (Å²) in [5, 5.41) is 19.2. The van der Waals surface area contributed by atoms with Crippen molar-refractivity contribution in [1.82, 2.24) is 3.11 Å². The van der Waals surface area contributed by atoms with Crippen molar-refractivity contribution in [2.24, 2.45) is 5.73 Å². The van der Waals surface area contributed by atoms with Gasteiger partial charge in [0.1, 0.15) is 6.04 Å². The lowest BCUT2D eigenvalue weighted by atomic mass is 10.1. The molecule has 2 atom stereocenters. The number of carboxylic acid groups (broad SMARTS) is 1. The number of aliphatic carboxylic acids is 1. The van der Waals surface area contributed by atoms with E-state index in [1.165, 1.54) is 6.92 Å². The second kappa shape index (κ2) is 7.37. The molecule has 0 aromatic heterocycles. The zero-order valence-corrected chi connectivity index (χ0v) is 11.4. The predicted octanol–water partition coefficient (Wildman–Crippen LogP) is 0.370. The molecule has 0 bridgehead atoms. The summed E-state index contributed by atoms with van der Waals surface area (Å²) in [5.74, 6) is -1.56. The Morgan fingerprint density at radius 3 is 2.41 bits per heavy atom. The molecule has 17 heavy (non-hydrogen) atoms. The van der Waals surface area contributed by atoms with Gasteiger partial charge in [0.05, 0.1) is 22.9 Å². The maximum Gasteiger partial charge on any atom is 0.320 e. The van der Waals surface area contributed by atoms with Crippen molar-refractivity contribution < 1.29 is 19.6 Å². The summed E-state index contributed by atoms with van der Waals surface area (Å²) >= 11 is 1.57. The van der Waals surface area contributed by atoms with E-state index in [2.05, 4.69) is 0 Å². The largest absolute Gasteiger partial charge is 0.480 e. The van der Waals surface area contributed by atoms with Crippen molar-refractivity contribution in [1.29, 1.82) is 0 Å². The molecule has 8 nitrogen and oxygen atoms in total. The molecule has 0 aliphatic rings. The molecular weight excluding hydrogens is 345 g/mol. The fourth-order valence-corrected chi connectivity index (χ4v) is 1.64. The SMILES string of the molecule is CC(=O)N(I)C(CCCC(N)C(=O)O)[N+](=O)[O-]. The average Bonchev–Trinajstić information content (AvgIpc) is 2.22. The fraction of sp³-hybridized carbons (Fsp3) is 0.750. The smallest absolute Gasteiger partial charge is 0.320 e. The van der Waals surface area contributed by atoms with Crippen LogP contribution in [0.25, 0.3) is 0 Å². The van der Waals surface area contributed by atoms with Crippen molar-refractivity contribution in [3.8, 4) is 0 Å². The van der Waals surface area contributed by atoms with Gasteiger partial charge in [-0.1, -0.05) is 0 Å². The van der Waals surface area contributed by atoms with Crippen molar-refractivity contribution in [2.45, 2.75) is 38.4 Å². The minimum absolute atomic E-state index is 0.0799. The van der Waals surface area contributed by atoms with Gasteiger partial charge in [-0.25, -0.2) is 3.11 Å². The zero-order valence-electron chi connectivity index (χ0n) is 9.21. The molecule has 0 spiro atoms. The quantitative estimate of drug-likeness (QED) is 0.222. The Balaban J connectivity index is 4.25. The number of hydrogen-bond donors (Lipinski definition) is 2. The summed E-state index contributed by atoms with van der Waals surface area (Å²) in [6.45, 7) is 1.23. The van der Waals surface area contributed by atoms with Gasteiger partial charge in [-0.15, -0.1) is 0 Å². The van der Waals surface area contributed by atoms with Gasteiger partial charge in [0.15, 0.2) is 0 Å². The van der Waals surface area contributed by atoms with E-state index in [-0.39, 0.29) is 19.3 Å². The van der Waals surface area contributed by atoms with Gasteiger partial charge < -0.3 is 10.8 Å². The zero-order chi connectivity index (χ0) is 13.6. The molecule has 0 aromatic rings. The fourth-order valence-electron chi connectivity index (χ4n) is 1.16. The van der Waals surface area contributed by atoms with E-state index in [9.17, 15) is 19.7 Å². The monoisotopic (exact) mass is 359 g/mol. The predicted molar refractivity (Wildman–Crippen MR) is 66.8 cm³/mol. The molecule has 9 heteroatoms. The molecular formula is C8H14IN3O5. The molecule has 2 unspecified atom stereocenters. The lowest BCUT2D eigenvalue weighted by molar-refractivity contribution is -0.538.